The highest BCUT2D eigenvalue weighted by atomic mass is 16.2. The van der Waals surface area contributed by atoms with Crippen molar-refractivity contribution in [3.8, 4) is 0 Å². The monoisotopic (exact) mass is 241 g/mol. The predicted molar refractivity (Wildman–Crippen MR) is 70.4 cm³/mol. The molecule has 0 heterocycles. The lowest BCUT2D eigenvalue weighted by Crippen LogP contribution is -2.46. The van der Waals surface area contributed by atoms with Crippen LogP contribution in [-0.4, -0.2) is 23.5 Å². The van der Waals surface area contributed by atoms with E-state index in [-0.39, 0.29) is 11.4 Å². The third-order valence-corrected chi connectivity index (χ3v) is 3.65. The van der Waals surface area contributed by atoms with Crippen LogP contribution >= 0.6 is 0 Å². The van der Waals surface area contributed by atoms with E-state index >= 15 is 0 Å². The molecule has 5 N–H and O–H groups in total. The highest BCUT2D eigenvalue weighted by Crippen LogP contribution is 2.58. The lowest BCUT2D eigenvalue weighted by Gasteiger charge is -2.28. The van der Waals surface area contributed by atoms with Gasteiger partial charge in [-0.05, 0) is 40.0 Å². The molecule has 0 aromatic carbocycles. The van der Waals surface area contributed by atoms with Gasteiger partial charge in [0.1, 0.15) is 0 Å². The molecule has 0 bridgehead atoms. The summed E-state index contributed by atoms with van der Waals surface area (Å²) in [7, 11) is 0. The number of carbonyl (C=O) groups is 1. The number of amides is 1. The van der Waals surface area contributed by atoms with Crippen LogP contribution in [-0.2, 0) is 4.79 Å². The zero-order chi connectivity index (χ0) is 13.3. The van der Waals surface area contributed by atoms with Crippen molar-refractivity contribution in [2.45, 2.75) is 64.5 Å². The molecule has 0 aromatic heterocycles. The quantitative estimate of drug-likeness (QED) is 0.610. The summed E-state index contributed by atoms with van der Waals surface area (Å²) in [6.07, 6.45) is 3.47. The van der Waals surface area contributed by atoms with E-state index in [1.807, 2.05) is 20.8 Å². The van der Waals surface area contributed by atoms with Gasteiger partial charge in [-0.3, -0.25) is 4.79 Å². The van der Waals surface area contributed by atoms with E-state index in [9.17, 15) is 4.79 Å². The zero-order valence-corrected chi connectivity index (χ0v) is 11.6. The first-order chi connectivity index (χ1) is 7.65. The number of nitrogens with one attached hydrogen (secondary N) is 1. The Labute approximate surface area is 105 Å². The Morgan fingerprint density at radius 2 is 2.00 bits per heavy atom. The number of hydrogen-bond acceptors (Lipinski definition) is 3. The van der Waals surface area contributed by atoms with Crippen LogP contribution in [0.5, 0.6) is 0 Å². The number of hydrogen-bond donors (Lipinski definition) is 3. The van der Waals surface area contributed by atoms with Gasteiger partial charge in [-0.1, -0.05) is 13.3 Å². The maximum Gasteiger partial charge on any atom is 0.228 e. The van der Waals surface area contributed by atoms with Gasteiger partial charge in [0.2, 0.25) is 5.91 Å². The summed E-state index contributed by atoms with van der Waals surface area (Å²) in [5.74, 6) is 0.0782. The summed E-state index contributed by atoms with van der Waals surface area (Å²) >= 11 is 0. The summed E-state index contributed by atoms with van der Waals surface area (Å²) < 4.78 is 0. The largest absolute Gasteiger partial charge is 0.356 e. The summed E-state index contributed by atoms with van der Waals surface area (Å²) in [6, 6.07) is 0. The van der Waals surface area contributed by atoms with Crippen LogP contribution in [0, 0.1) is 5.41 Å². The molecule has 1 saturated carbocycles. The third-order valence-electron chi connectivity index (χ3n) is 3.65. The minimum Gasteiger partial charge on any atom is -0.356 e. The number of unbranched alkanes of at least 4 members (excludes halogenated alkanes) is 1. The molecule has 0 radical (unpaired) electrons. The van der Waals surface area contributed by atoms with Crippen molar-refractivity contribution in [1.82, 2.24) is 5.32 Å². The third kappa shape index (κ3) is 3.19. The SMILES string of the molecule is CCCCNC(=O)C1(CC(C)(C)N)CC1(C)N. The van der Waals surface area contributed by atoms with Crippen molar-refractivity contribution in [1.29, 1.82) is 0 Å². The van der Waals surface area contributed by atoms with Gasteiger partial charge < -0.3 is 16.8 Å². The van der Waals surface area contributed by atoms with E-state index < -0.39 is 11.0 Å². The lowest BCUT2D eigenvalue weighted by atomic mass is 9.85. The Balaban J connectivity index is 2.65. The molecule has 1 aliphatic carbocycles. The Kier molecular flexibility index (Phi) is 3.89. The van der Waals surface area contributed by atoms with Gasteiger partial charge in [-0.15, -0.1) is 0 Å². The molecule has 0 aliphatic heterocycles. The van der Waals surface area contributed by atoms with Crippen molar-refractivity contribution in [3.63, 3.8) is 0 Å². The topological polar surface area (TPSA) is 81.1 Å². The van der Waals surface area contributed by atoms with Crippen LogP contribution in [0.1, 0.15) is 53.4 Å². The summed E-state index contributed by atoms with van der Waals surface area (Å²) in [4.78, 5) is 12.2. The second-order valence-electron chi connectivity index (χ2n) is 6.45. The van der Waals surface area contributed by atoms with Gasteiger partial charge in [0.25, 0.3) is 0 Å². The number of carbonyl (C=O) groups excluding carboxylic acids is 1. The number of nitrogens with two attached hydrogens (primary N) is 2. The fraction of sp³-hybridized carbons (Fsp3) is 0.923. The molecule has 4 nitrogen and oxygen atoms in total. The van der Waals surface area contributed by atoms with Crippen LogP contribution in [0.4, 0.5) is 0 Å². The first-order valence-electron chi connectivity index (χ1n) is 6.51. The molecule has 1 aliphatic rings. The van der Waals surface area contributed by atoms with Crippen molar-refractivity contribution >= 4 is 5.91 Å². The molecule has 0 saturated heterocycles. The number of rotatable bonds is 6. The minimum atomic E-state index is -0.459. The zero-order valence-electron chi connectivity index (χ0n) is 11.6. The predicted octanol–water partition coefficient (Wildman–Crippen LogP) is 1.14. The van der Waals surface area contributed by atoms with Gasteiger partial charge in [-0.25, -0.2) is 0 Å². The smallest absolute Gasteiger partial charge is 0.228 e. The van der Waals surface area contributed by atoms with Gasteiger partial charge in [0.15, 0.2) is 0 Å². The normalized spacial score (nSPS) is 32.4. The second kappa shape index (κ2) is 4.58. The first-order valence-corrected chi connectivity index (χ1v) is 6.51. The molecule has 1 fully saturated rings. The average Bonchev–Trinajstić information content (AvgIpc) is 2.66. The summed E-state index contributed by atoms with van der Waals surface area (Å²) in [6.45, 7) is 8.68. The molecule has 4 heteroatoms. The van der Waals surface area contributed by atoms with Gasteiger partial charge in [0.05, 0.1) is 5.41 Å². The Bertz CT molecular complexity index is 294. The van der Waals surface area contributed by atoms with E-state index in [4.69, 9.17) is 11.5 Å². The Hall–Kier alpha value is -0.610. The molecule has 1 amide bonds. The van der Waals surface area contributed by atoms with E-state index in [1.54, 1.807) is 0 Å². The van der Waals surface area contributed by atoms with Gasteiger partial charge in [0, 0.05) is 17.6 Å². The maximum absolute atomic E-state index is 12.2. The molecule has 1 rings (SSSR count). The van der Waals surface area contributed by atoms with Crippen LogP contribution in [0.15, 0.2) is 0 Å². The molecule has 100 valence electrons. The van der Waals surface area contributed by atoms with E-state index in [2.05, 4.69) is 12.2 Å². The molecule has 2 atom stereocenters. The fourth-order valence-electron chi connectivity index (χ4n) is 2.59. The molecule has 2 unspecified atom stereocenters. The van der Waals surface area contributed by atoms with Crippen LogP contribution in [0.3, 0.4) is 0 Å². The second-order valence-corrected chi connectivity index (χ2v) is 6.45. The molecular weight excluding hydrogens is 214 g/mol. The minimum absolute atomic E-state index is 0.0782. The molecule has 0 aromatic rings. The van der Waals surface area contributed by atoms with Crippen LogP contribution in [0.25, 0.3) is 0 Å². The van der Waals surface area contributed by atoms with Gasteiger partial charge in [-0.2, -0.15) is 0 Å². The van der Waals surface area contributed by atoms with E-state index in [0.29, 0.717) is 6.42 Å². The average molecular weight is 241 g/mol. The van der Waals surface area contributed by atoms with Gasteiger partial charge >= 0.3 is 0 Å². The molecule has 0 spiro atoms. The van der Waals surface area contributed by atoms with Crippen LogP contribution in [0.2, 0.25) is 0 Å². The lowest BCUT2D eigenvalue weighted by molar-refractivity contribution is -0.127. The maximum atomic E-state index is 12.2. The highest BCUT2D eigenvalue weighted by Gasteiger charge is 2.67. The molecular formula is C13H27N3O. The van der Waals surface area contributed by atoms with E-state index in [1.165, 1.54) is 0 Å². The highest BCUT2D eigenvalue weighted by molar-refractivity contribution is 5.88. The van der Waals surface area contributed by atoms with Crippen molar-refractivity contribution in [2.24, 2.45) is 16.9 Å². The first kappa shape index (κ1) is 14.5. The van der Waals surface area contributed by atoms with E-state index in [0.717, 1.165) is 25.8 Å². The summed E-state index contributed by atoms with van der Waals surface area (Å²) in [5.41, 5.74) is 11.0. The van der Waals surface area contributed by atoms with Crippen molar-refractivity contribution in [2.75, 3.05) is 6.54 Å². The van der Waals surface area contributed by atoms with Crippen molar-refractivity contribution in [3.05, 3.63) is 0 Å². The molecule has 17 heavy (non-hydrogen) atoms. The van der Waals surface area contributed by atoms with Crippen LogP contribution < -0.4 is 16.8 Å². The standard InChI is InChI=1S/C13H27N3O/c1-5-6-7-16-10(17)13(8-11(2,3)14)9-12(13,4)15/h5-9,14-15H2,1-4H3,(H,16,17). The fourth-order valence-corrected chi connectivity index (χ4v) is 2.59. The Morgan fingerprint density at radius 3 is 2.35 bits per heavy atom. The van der Waals surface area contributed by atoms with Crippen molar-refractivity contribution < 1.29 is 4.79 Å². The summed E-state index contributed by atoms with van der Waals surface area (Å²) in [5, 5.41) is 2.99. The Morgan fingerprint density at radius 1 is 1.47 bits per heavy atom.